The summed E-state index contributed by atoms with van der Waals surface area (Å²) < 4.78 is 5.12. The Morgan fingerprint density at radius 3 is 2.58 bits per heavy atom. The van der Waals surface area contributed by atoms with Crippen LogP contribution in [0.25, 0.3) is 0 Å². The van der Waals surface area contributed by atoms with Gasteiger partial charge in [-0.2, -0.15) is 0 Å². The predicted molar refractivity (Wildman–Crippen MR) is 95.9 cm³/mol. The monoisotopic (exact) mass is 371 g/mol. The van der Waals surface area contributed by atoms with Crippen molar-refractivity contribution in [3.8, 4) is 0 Å². The van der Waals surface area contributed by atoms with Crippen molar-refractivity contribution in [1.82, 2.24) is 5.32 Å². The third-order valence-corrected chi connectivity index (χ3v) is 3.44. The lowest BCUT2D eigenvalue weighted by atomic mass is 10.2. The smallest absolute Gasteiger partial charge is 0.258 e. The summed E-state index contributed by atoms with van der Waals surface area (Å²) >= 11 is 6.11. The van der Waals surface area contributed by atoms with Crippen molar-refractivity contribution in [2.75, 3.05) is 11.9 Å². The number of furan rings is 1. The molecule has 6 nitrogen and oxygen atoms in total. The van der Waals surface area contributed by atoms with Crippen molar-refractivity contribution in [3.63, 3.8) is 0 Å². The SMILES string of the molecule is CCCNC(=O)c1ccc(NC(=O)c2coc(CN)c2)cc1Cl.Cl. The fourth-order valence-electron chi connectivity index (χ4n) is 1.92. The number of nitrogens with two attached hydrogens (primary N) is 1. The quantitative estimate of drug-likeness (QED) is 0.725. The van der Waals surface area contributed by atoms with Crippen LogP contribution in [0.5, 0.6) is 0 Å². The summed E-state index contributed by atoms with van der Waals surface area (Å²) in [6.45, 7) is 2.77. The highest BCUT2D eigenvalue weighted by Gasteiger charge is 2.13. The maximum atomic E-state index is 12.1. The highest BCUT2D eigenvalue weighted by Crippen LogP contribution is 2.22. The summed E-state index contributed by atoms with van der Waals surface area (Å²) in [7, 11) is 0. The van der Waals surface area contributed by atoms with E-state index in [1.54, 1.807) is 18.2 Å². The molecule has 2 rings (SSSR count). The minimum atomic E-state index is -0.340. The summed E-state index contributed by atoms with van der Waals surface area (Å²) in [6, 6.07) is 6.30. The third kappa shape index (κ3) is 4.99. The second-order valence-corrected chi connectivity index (χ2v) is 5.32. The lowest BCUT2D eigenvalue weighted by Crippen LogP contribution is -2.24. The highest BCUT2D eigenvalue weighted by molar-refractivity contribution is 6.34. The molecule has 1 aromatic carbocycles. The largest absolute Gasteiger partial charge is 0.467 e. The van der Waals surface area contributed by atoms with Crippen molar-refractivity contribution in [1.29, 1.82) is 0 Å². The minimum Gasteiger partial charge on any atom is -0.467 e. The molecule has 24 heavy (non-hydrogen) atoms. The van der Waals surface area contributed by atoms with Gasteiger partial charge < -0.3 is 20.8 Å². The second kappa shape index (κ2) is 9.32. The first-order chi connectivity index (χ1) is 11.0. The minimum absolute atomic E-state index is 0. The van der Waals surface area contributed by atoms with Crippen LogP contribution in [0, 0.1) is 0 Å². The van der Waals surface area contributed by atoms with Gasteiger partial charge in [-0.1, -0.05) is 18.5 Å². The Bertz CT molecular complexity index is 716. The molecule has 0 bridgehead atoms. The van der Waals surface area contributed by atoms with E-state index in [0.29, 0.717) is 29.1 Å². The lowest BCUT2D eigenvalue weighted by molar-refractivity contribution is 0.0953. The van der Waals surface area contributed by atoms with Gasteiger partial charge in [-0.25, -0.2) is 0 Å². The molecule has 4 N–H and O–H groups in total. The maximum absolute atomic E-state index is 12.1. The van der Waals surface area contributed by atoms with E-state index in [2.05, 4.69) is 10.6 Å². The van der Waals surface area contributed by atoms with Gasteiger partial charge in [0.05, 0.1) is 22.7 Å². The maximum Gasteiger partial charge on any atom is 0.258 e. The molecule has 8 heteroatoms. The molecule has 0 aliphatic rings. The number of carbonyl (C=O) groups is 2. The summed E-state index contributed by atoms with van der Waals surface area (Å²) in [5, 5.41) is 5.71. The molecule has 1 aromatic heterocycles. The number of hydrogen-bond acceptors (Lipinski definition) is 4. The van der Waals surface area contributed by atoms with E-state index in [9.17, 15) is 9.59 Å². The van der Waals surface area contributed by atoms with Crippen molar-refractivity contribution < 1.29 is 14.0 Å². The Kier molecular flexibility index (Phi) is 7.78. The molecule has 0 aliphatic heterocycles. The van der Waals surface area contributed by atoms with Gasteiger partial charge in [-0.15, -0.1) is 12.4 Å². The Balaban J connectivity index is 0.00000288. The van der Waals surface area contributed by atoms with E-state index in [0.717, 1.165) is 6.42 Å². The zero-order valence-electron chi connectivity index (χ0n) is 13.1. The molecule has 2 amide bonds. The van der Waals surface area contributed by atoms with Gasteiger partial charge in [0, 0.05) is 12.2 Å². The number of carbonyl (C=O) groups excluding carboxylic acids is 2. The van der Waals surface area contributed by atoms with Crippen LogP contribution in [-0.2, 0) is 6.54 Å². The zero-order chi connectivity index (χ0) is 16.8. The van der Waals surface area contributed by atoms with Crippen LogP contribution in [0.15, 0.2) is 34.9 Å². The number of halogens is 2. The molecule has 0 saturated carbocycles. The number of benzene rings is 1. The highest BCUT2D eigenvalue weighted by atomic mass is 35.5. The summed E-state index contributed by atoms with van der Waals surface area (Å²) in [5.41, 5.74) is 6.66. The Hall–Kier alpha value is -2.02. The average Bonchev–Trinajstić information content (AvgIpc) is 3.02. The van der Waals surface area contributed by atoms with Gasteiger partial charge in [-0.3, -0.25) is 9.59 Å². The molecule has 0 spiro atoms. The van der Waals surface area contributed by atoms with Crippen LogP contribution in [0.4, 0.5) is 5.69 Å². The van der Waals surface area contributed by atoms with Crippen molar-refractivity contribution in [2.45, 2.75) is 19.9 Å². The van der Waals surface area contributed by atoms with E-state index in [4.69, 9.17) is 21.8 Å². The topological polar surface area (TPSA) is 97.4 Å². The summed E-state index contributed by atoms with van der Waals surface area (Å²) in [5.74, 6) is -0.0547. The normalized spacial score (nSPS) is 9.96. The molecule has 0 unspecified atom stereocenters. The summed E-state index contributed by atoms with van der Waals surface area (Å²) in [4.78, 5) is 24.0. The molecule has 2 aromatic rings. The molecular weight excluding hydrogens is 353 g/mol. The molecule has 0 aliphatic carbocycles. The first-order valence-electron chi connectivity index (χ1n) is 7.21. The van der Waals surface area contributed by atoms with Crippen LogP contribution in [0.3, 0.4) is 0 Å². The predicted octanol–water partition coefficient (Wildman–Crippen LogP) is 3.21. The molecular formula is C16H19Cl2N3O3. The lowest BCUT2D eigenvalue weighted by Gasteiger charge is -2.08. The van der Waals surface area contributed by atoms with Gasteiger partial charge in [0.15, 0.2) is 0 Å². The molecule has 130 valence electrons. The van der Waals surface area contributed by atoms with Crippen molar-refractivity contribution in [3.05, 3.63) is 52.4 Å². The Morgan fingerprint density at radius 1 is 1.25 bits per heavy atom. The van der Waals surface area contributed by atoms with Gasteiger partial charge in [0.1, 0.15) is 12.0 Å². The fourth-order valence-corrected chi connectivity index (χ4v) is 2.19. The van der Waals surface area contributed by atoms with Crippen LogP contribution in [-0.4, -0.2) is 18.4 Å². The zero-order valence-corrected chi connectivity index (χ0v) is 14.7. The molecule has 0 saturated heterocycles. The number of nitrogens with one attached hydrogen (secondary N) is 2. The van der Waals surface area contributed by atoms with Crippen LogP contribution in [0.2, 0.25) is 5.02 Å². The summed E-state index contributed by atoms with van der Waals surface area (Å²) in [6.07, 6.45) is 2.18. The first-order valence-corrected chi connectivity index (χ1v) is 7.59. The third-order valence-electron chi connectivity index (χ3n) is 3.12. The molecule has 1 heterocycles. The van der Waals surface area contributed by atoms with E-state index < -0.39 is 0 Å². The average molecular weight is 372 g/mol. The molecule has 0 fully saturated rings. The Morgan fingerprint density at radius 2 is 2.00 bits per heavy atom. The number of anilines is 1. The number of rotatable bonds is 6. The fraction of sp³-hybridized carbons (Fsp3) is 0.250. The van der Waals surface area contributed by atoms with E-state index in [1.807, 2.05) is 6.92 Å². The van der Waals surface area contributed by atoms with Gasteiger partial charge in [0.25, 0.3) is 11.8 Å². The molecule has 0 radical (unpaired) electrons. The number of amides is 2. The van der Waals surface area contributed by atoms with Gasteiger partial charge in [0.2, 0.25) is 0 Å². The van der Waals surface area contributed by atoms with Gasteiger partial charge >= 0.3 is 0 Å². The van der Waals surface area contributed by atoms with E-state index in [-0.39, 0.29) is 35.8 Å². The van der Waals surface area contributed by atoms with E-state index >= 15 is 0 Å². The van der Waals surface area contributed by atoms with Crippen LogP contribution in [0.1, 0.15) is 39.8 Å². The van der Waals surface area contributed by atoms with E-state index in [1.165, 1.54) is 12.3 Å². The second-order valence-electron chi connectivity index (χ2n) is 4.91. The Labute approximate surface area is 151 Å². The molecule has 0 atom stereocenters. The number of hydrogen-bond donors (Lipinski definition) is 3. The van der Waals surface area contributed by atoms with Crippen LogP contribution >= 0.6 is 24.0 Å². The first kappa shape index (κ1) is 20.0. The van der Waals surface area contributed by atoms with Crippen molar-refractivity contribution in [2.24, 2.45) is 5.73 Å². The van der Waals surface area contributed by atoms with Crippen molar-refractivity contribution >= 4 is 41.5 Å². The van der Waals surface area contributed by atoms with Gasteiger partial charge in [-0.05, 0) is 30.7 Å². The van der Waals surface area contributed by atoms with Crippen LogP contribution < -0.4 is 16.4 Å². The standard InChI is InChI=1S/C16H18ClN3O3.ClH/c1-2-5-19-16(22)13-4-3-11(7-14(13)17)20-15(21)10-6-12(8-18)23-9-10;/h3-4,6-7,9H,2,5,8,18H2,1H3,(H,19,22)(H,20,21);1H.